The molecular weight excluding hydrogens is 420 g/mol. The quantitative estimate of drug-likeness (QED) is 0.501. The molecule has 0 atom stereocenters. The van der Waals surface area contributed by atoms with Crippen molar-refractivity contribution < 1.29 is 8.78 Å². The zero-order chi connectivity index (χ0) is 22.8. The van der Waals surface area contributed by atoms with Crippen LogP contribution in [0.4, 0.5) is 8.78 Å². The molecule has 5 rings (SSSR count). The highest BCUT2D eigenvalue weighted by Crippen LogP contribution is 2.30. The molecule has 3 heterocycles. The summed E-state index contributed by atoms with van der Waals surface area (Å²) >= 11 is 0. The molecule has 3 aromatic rings. The average Bonchev–Trinajstić information content (AvgIpc) is 3.25. The lowest BCUT2D eigenvalue weighted by atomic mass is 9.95. The molecular formula is C26H31F2N5. The highest BCUT2D eigenvalue weighted by molar-refractivity contribution is 5.92. The van der Waals surface area contributed by atoms with Crippen molar-refractivity contribution in [1.29, 1.82) is 0 Å². The second-order valence-electron chi connectivity index (χ2n) is 9.50. The number of aromatic nitrogens is 3. The lowest BCUT2D eigenvalue weighted by Gasteiger charge is -2.31. The van der Waals surface area contributed by atoms with E-state index in [4.69, 9.17) is 0 Å². The summed E-state index contributed by atoms with van der Waals surface area (Å²) in [7, 11) is 0. The minimum Gasteiger partial charge on any atom is -0.381 e. The van der Waals surface area contributed by atoms with Crippen LogP contribution in [0.2, 0.25) is 0 Å². The first-order valence-electron chi connectivity index (χ1n) is 12.0. The van der Waals surface area contributed by atoms with Crippen LogP contribution < -0.4 is 5.32 Å². The molecule has 0 unspecified atom stereocenters. The van der Waals surface area contributed by atoms with Gasteiger partial charge in [0.25, 0.3) is 5.92 Å². The van der Waals surface area contributed by atoms with E-state index in [2.05, 4.69) is 50.2 Å². The number of nitrogens with one attached hydrogen (secondary N) is 2. The van der Waals surface area contributed by atoms with E-state index in [1.807, 2.05) is 18.5 Å². The molecule has 1 saturated heterocycles. The number of fused-ring (bicyclic) bond motifs is 1. The third kappa shape index (κ3) is 5.08. The van der Waals surface area contributed by atoms with Crippen LogP contribution in [0, 0.1) is 0 Å². The Bertz CT molecular complexity index is 1120. The SMILES string of the molecule is C=C(NC1CCCCC1)c1n[nH]c2ccc(-c3cncc(CN4CCC(F)(F)CC4)c3)cc12. The first-order chi connectivity index (χ1) is 16.0. The van der Waals surface area contributed by atoms with Gasteiger partial charge in [-0.2, -0.15) is 5.10 Å². The van der Waals surface area contributed by atoms with Crippen LogP contribution in [0.5, 0.6) is 0 Å². The van der Waals surface area contributed by atoms with E-state index in [1.54, 1.807) is 0 Å². The van der Waals surface area contributed by atoms with E-state index in [0.717, 1.165) is 39.0 Å². The summed E-state index contributed by atoms with van der Waals surface area (Å²) < 4.78 is 26.9. The van der Waals surface area contributed by atoms with Crippen molar-refractivity contribution in [2.45, 2.75) is 63.5 Å². The normalized spacial score (nSPS) is 19.6. The zero-order valence-corrected chi connectivity index (χ0v) is 18.9. The molecule has 33 heavy (non-hydrogen) atoms. The van der Waals surface area contributed by atoms with E-state index >= 15 is 0 Å². The van der Waals surface area contributed by atoms with Gasteiger partial charge >= 0.3 is 0 Å². The lowest BCUT2D eigenvalue weighted by Crippen LogP contribution is -2.38. The molecule has 0 amide bonds. The van der Waals surface area contributed by atoms with Gasteiger partial charge in [-0.3, -0.25) is 15.0 Å². The van der Waals surface area contributed by atoms with Crippen LogP contribution in [0.25, 0.3) is 27.7 Å². The smallest absolute Gasteiger partial charge is 0.250 e. The van der Waals surface area contributed by atoms with Crippen LogP contribution in [0.1, 0.15) is 56.2 Å². The minimum atomic E-state index is -2.52. The lowest BCUT2D eigenvalue weighted by molar-refractivity contribution is -0.0566. The van der Waals surface area contributed by atoms with Gasteiger partial charge in [0.05, 0.1) is 11.2 Å². The van der Waals surface area contributed by atoms with Gasteiger partial charge in [-0.1, -0.05) is 31.9 Å². The third-order valence-corrected chi connectivity index (χ3v) is 6.95. The number of hydrogen-bond acceptors (Lipinski definition) is 4. The third-order valence-electron chi connectivity index (χ3n) is 6.95. The number of pyridine rings is 1. The van der Waals surface area contributed by atoms with Gasteiger partial charge in [-0.15, -0.1) is 0 Å². The van der Waals surface area contributed by atoms with E-state index < -0.39 is 5.92 Å². The second kappa shape index (κ2) is 9.21. The topological polar surface area (TPSA) is 56.8 Å². The van der Waals surface area contributed by atoms with Crippen molar-refractivity contribution in [3.63, 3.8) is 0 Å². The van der Waals surface area contributed by atoms with Gasteiger partial charge in [0, 0.05) is 61.9 Å². The number of rotatable bonds is 6. The average molecular weight is 452 g/mol. The van der Waals surface area contributed by atoms with Crippen LogP contribution >= 0.6 is 0 Å². The molecule has 174 valence electrons. The van der Waals surface area contributed by atoms with Gasteiger partial charge in [-0.25, -0.2) is 8.78 Å². The predicted molar refractivity (Wildman–Crippen MR) is 128 cm³/mol. The molecule has 0 bridgehead atoms. The Kier molecular flexibility index (Phi) is 6.15. The molecule has 2 N–H and O–H groups in total. The maximum absolute atomic E-state index is 13.5. The van der Waals surface area contributed by atoms with Gasteiger partial charge in [0.1, 0.15) is 5.69 Å². The number of aromatic amines is 1. The Labute approximate surface area is 193 Å². The van der Waals surface area contributed by atoms with E-state index in [1.165, 1.54) is 32.1 Å². The first kappa shape index (κ1) is 22.0. The van der Waals surface area contributed by atoms with Gasteiger partial charge in [-0.05, 0) is 42.2 Å². The number of benzene rings is 1. The summed E-state index contributed by atoms with van der Waals surface area (Å²) in [6.07, 6.45) is 9.74. The van der Waals surface area contributed by atoms with Crippen molar-refractivity contribution in [3.8, 4) is 11.1 Å². The molecule has 5 nitrogen and oxygen atoms in total. The standard InChI is InChI=1S/C26H31F2N5/c1-18(30-22-5-3-2-4-6-22)25-23-14-20(7-8-24(23)31-32-25)21-13-19(15-29-16-21)17-33-11-9-26(27,28)10-12-33/h7-8,13-16,22,30H,1-6,9-12,17H2,(H,31,32). The molecule has 1 aromatic carbocycles. The maximum atomic E-state index is 13.5. The summed E-state index contributed by atoms with van der Waals surface area (Å²) in [4.78, 5) is 6.51. The molecule has 1 aliphatic heterocycles. The molecule has 0 radical (unpaired) electrons. The molecule has 2 fully saturated rings. The fraction of sp³-hybridized carbons (Fsp3) is 0.462. The molecule has 2 aliphatic rings. The van der Waals surface area contributed by atoms with Gasteiger partial charge < -0.3 is 5.32 Å². The van der Waals surface area contributed by atoms with E-state index in [9.17, 15) is 8.78 Å². The summed E-state index contributed by atoms with van der Waals surface area (Å²) in [5.41, 5.74) is 5.78. The minimum absolute atomic E-state index is 0.0706. The Morgan fingerprint density at radius 3 is 2.67 bits per heavy atom. The number of halogens is 2. The van der Waals surface area contributed by atoms with Crippen LogP contribution in [0.3, 0.4) is 0 Å². The summed E-state index contributed by atoms with van der Waals surface area (Å²) in [6, 6.07) is 8.80. The predicted octanol–water partition coefficient (Wildman–Crippen LogP) is 5.75. The van der Waals surface area contributed by atoms with Crippen molar-refractivity contribution in [2.75, 3.05) is 13.1 Å². The summed E-state index contributed by atoms with van der Waals surface area (Å²) in [5.74, 6) is -2.52. The van der Waals surface area contributed by atoms with Crippen molar-refractivity contribution >= 4 is 16.6 Å². The van der Waals surface area contributed by atoms with Crippen LogP contribution in [0.15, 0.2) is 43.2 Å². The number of H-pyrrole nitrogens is 1. The first-order valence-corrected chi connectivity index (χ1v) is 12.0. The highest BCUT2D eigenvalue weighted by Gasteiger charge is 2.33. The Hall–Kier alpha value is -2.80. The summed E-state index contributed by atoms with van der Waals surface area (Å²) in [5, 5.41) is 12.3. The molecule has 0 spiro atoms. The Balaban J connectivity index is 1.34. The number of likely N-dealkylation sites (tertiary alicyclic amines) is 1. The number of hydrogen-bond donors (Lipinski definition) is 2. The highest BCUT2D eigenvalue weighted by atomic mass is 19.3. The van der Waals surface area contributed by atoms with Crippen molar-refractivity contribution in [2.24, 2.45) is 0 Å². The van der Waals surface area contributed by atoms with Crippen LogP contribution in [-0.4, -0.2) is 45.1 Å². The monoisotopic (exact) mass is 451 g/mol. The molecule has 1 aliphatic carbocycles. The fourth-order valence-corrected chi connectivity index (χ4v) is 5.01. The zero-order valence-electron chi connectivity index (χ0n) is 18.9. The van der Waals surface area contributed by atoms with E-state index in [-0.39, 0.29) is 12.8 Å². The largest absolute Gasteiger partial charge is 0.381 e. The van der Waals surface area contributed by atoms with Gasteiger partial charge in [0.2, 0.25) is 0 Å². The van der Waals surface area contributed by atoms with Crippen molar-refractivity contribution in [3.05, 3.63) is 54.5 Å². The number of alkyl halides is 2. The van der Waals surface area contributed by atoms with Crippen LogP contribution in [-0.2, 0) is 6.54 Å². The number of nitrogens with zero attached hydrogens (tertiary/aromatic N) is 3. The molecule has 1 saturated carbocycles. The van der Waals surface area contributed by atoms with Gasteiger partial charge in [0.15, 0.2) is 0 Å². The fourth-order valence-electron chi connectivity index (χ4n) is 5.01. The van der Waals surface area contributed by atoms with E-state index in [0.29, 0.717) is 25.7 Å². The second-order valence-corrected chi connectivity index (χ2v) is 9.50. The maximum Gasteiger partial charge on any atom is 0.250 e. The molecule has 2 aromatic heterocycles. The molecule has 7 heteroatoms. The van der Waals surface area contributed by atoms with Crippen molar-refractivity contribution in [1.82, 2.24) is 25.4 Å². The number of piperidine rings is 1. The Morgan fingerprint density at radius 1 is 1.09 bits per heavy atom. The summed E-state index contributed by atoms with van der Waals surface area (Å²) in [6.45, 7) is 5.73. The Morgan fingerprint density at radius 2 is 1.88 bits per heavy atom.